The first-order valence-electron chi connectivity index (χ1n) is 8.04. The Bertz CT molecular complexity index is 778. The van der Waals surface area contributed by atoms with Crippen LogP contribution < -0.4 is 5.32 Å². The number of aromatic nitrogens is 1. The molecule has 4 rings (SSSR count). The van der Waals surface area contributed by atoms with Crippen LogP contribution in [0.2, 0.25) is 0 Å². The molecule has 6 nitrogen and oxygen atoms in total. The second kappa shape index (κ2) is 5.37. The van der Waals surface area contributed by atoms with E-state index in [4.69, 9.17) is 4.42 Å². The molecule has 1 unspecified atom stereocenters. The molecule has 120 valence electrons. The van der Waals surface area contributed by atoms with Crippen molar-refractivity contribution < 1.29 is 14.0 Å². The smallest absolute Gasteiger partial charge is 0.229 e. The van der Waals surface area contributed by atoms with Crippen molar-refractivity contribution in [3.05, 3.63) is 24.1 Å². The highest BCUT2D eigenvalue weighted by Gasteiger charge is 2.37. The highest BCUT2D eigenvalue weighted by molar-refractivity contribution is 5.98. The SMILES string of the molecule is Cc1nc2cc(NC(=O)C3CC(=O)N(CC4CC4)C3)ccc2o1. The number of anilines is 1. The number of hydrogen-bond acceptors (Lipinski definition) is 4. The van der Waals surface area contributed by atoms with Crippen LogP contribution in [0.4, 0.5) is 5.69 Å². The van der Waals surface area contributed by atoms with E-state index in [1.54, 1.807) is 25.1 Å². The molecule has 6 heteroatoms. The monoisotopic (exact) mass is 313 g/mol. The Morgan fingerprint density at radius 2 is 2.26 bits per heavy atom. The van der Waals surface area contributed by atoms with Gasteiger partial charge in [0.2, 0.25) is 11.8 Å². The number of carbonyl (C=O) groups is 2. The van der Waals surface area contributed by atoms with Crippen LogP contribution >= 0.6 is 0 Å². The van der Waals surface area contributed by atoms with Gasteiger partial charge in [0, 0.05) is 32.1 Å². The van der Waals surface area contributed by atoms with Crippen LogP contribution in [0.1, 0.15) is 25.2 Å². The second-order valence-electron chi connectivity index (χ2n) is 6.55. The minimum atomic E-state index is -0.268. The molecule has 2 heterocycles. The zero-order chi connectivity index (χ0) is 16.0. The quantitative estimate of drug-likeness (QED) is 0.940. The number of benzene rings is 1. The minimum absolute atomic E-state index is 0.0969. The van der Waals surface area contributed by atoms with Gasteiger partial charge in [-0.2, -0.15) is 0 Å². The molecule has 1 saturated carbocycles. The molecule has 0 spiro atoms. The Morgan fingerprint density at radius 1 is 1.43 bits per heavy atom. The summed E-state index contributed by atoms with van der Waals surface area (Å²) in [6.45, 7) is 3.14. The molecule has 1 atom stereocenters. The lowest BCUT2D eigenvalue weighted by Crippen LogP contribution is -2.29. The molecule has 1 saturated heterocycles. The van der Waals surface area contributed by atoms with Gasteiger partial charge in [-0.1, -0.05) is 0 Å². The van der Waals surface area contributed by atoms with Gasteiger partial charge in [-0.25, -0.2) is 4.98 Å². The Kier molecular flexibility index (Phi) is 3.32. The van der Waals surface area contributed by atoms with Crippen molar-refractivity contribution in [3.63, 3.8) is 0 Å². The van der Waals surface area contributed by atoms with Crippen molar-refractivity contribution >= 4 is 28.6 Å². The van der Waals surface area contributed by atoms with E-state index < -0.39 is 0 Å². The molecule has 0 radical (unpaired) electrons. The fourth-order valence-electron chi connectivity index (χ4n) is 3.10. The largest absolute Gasteiger partial charge is 0.441 e. The number of oxazole rings is 1. The third kappa shape index (κ3) is 2.93. The maximum Gasteiger partial charge on any atom is 0.229 e. The highest BCUT2D eigenvalue weighted by atomic mass is 16.3. The first kappa shape index (κ1) is 14.2. The topological polar surface area (TPSA) is 75.4 Å². The van der Waals surface area contributed by atoms with E-state index in [-0.39, 0.29) is 17.7 Å². The van der Waals surface area contributed by atoms with Crippen LogP contribution in [-0.2, 0) is 9.59 Å². The van der Waals surface area contributed by atoms with Crippen LogP contribution in [0, 0.1) is 18.8 Å². The number of fused-ring (bicyclic) bond motifs is 1. The van der Waals surface area contributed by atoms with Crippen LogP contribution in [0.5, 0.6) is 0 Å². The molecule has 23 heavy (non-hydrogen) atoms. The zero-order valence-electron chi connectivity index (χ0n) is 13.0. The summed E-state index contributed by atoms with van der Waals surface area (Å²) in [5.74, 6) is 0.978. The predicted molar refractivity (Wildman–Crippen MR) is 84.8 cm³/mol. The molecular formula is C17H19N3O3. The van der Waals surface area contributed by atoms with E-state index in [1.807, 2.05) is 4.90 Å². The lowest BCUT2D eigenvalue weighted by atomic mass is 10.1. The third-order valence-electron chi connectivity index (χ3n) is 4.52. The molecule has 2 aliphatic rings. The van der Waals surface area contributed by atoms with Crippen molar-refractivity contribution in [2.75, 3.05) is 18.4 Å². The van der Waals surface area contributed by atoms with Crippen molar-refractivity contribution in [1.82, 2.24) is 9.88 Å². The number of carbonyl (C=O) groups excluding carboxylic acids is 2. The van der Waals surface area contributed by atoms with Gasteiger partial charge in [-0.3, -0.25) is 9.59 Å². The summed E-state index contributed by atoms with van der Waals surface area (Å²) in [7, 11) is 0. The average Bonchev–Trinajstić information content (AvgIpc) is 3.13. The summed E-state index contributed by atoms with van der Waals surface area (Å²) in [5, 5.41) is 2.90. The standard InChI is InChI=1S/C17H19N3O3/c1-10-18-14-7-13(4-5-15(14)23-10)19-17(22)12-6-16(21)20(9-12)8-11-2-3-11/h4-5,7,11-12H,2-3,6,8-9H2,1H3,(H,19,22). The number of nitrogens with zero attached hydrogens (tertiary/aromatic N) is 2. The second-order valence-corrected chi connectivity index (χ2v) is 6.55. The Balaban J connectivity index is 1.43. The van der Waals surface area contributed by atoms with E-state index in [0.29, 0.717) is 36.0 Å². The molecule has 2 fully saturated rings. The summed E-state index contributed by atoms with van der Waals surface area (Å²) in [6.07, 6.45) is 2.72. The van der Waals surface area contributed by atoms with Gasteiger partial charge in [0.25, 0.3) is 0 Å². The number of hydrogen-bond donors (Lipinski definition) is 1. The maximum atomic E-state index is 12.4. The van der Waals surface area contributed by atoms with Crippen molar-refractivity contribution in [3.8, 4) is 0 Å². The Labute approximate surface area is 133 Å². The number of rotatable bonds is 4. The van der Waals surface area contributed by atoms with Crippen molar-refractivity contribution in [2.45, 2.75) is 26.2 Å². The Morgan fingerprint density at radius 3 is 3.04 bits per heavy atom. The number of likely N-dealkylation sites (tertiary alicyclic amines) is 1. The summed E-state index contributed by atoms with van der Waals surface area (Å²) in [4.78, 5) is 30.5. The van der Waals surface area contributed by atoms with Gasteiger partial charge in [-0.15, -0.1) is 0 Å². The number of amides is 2. The molecule has 1 aromatic carbocycles. The average molecular weight is 313 g/mol. The molecule has 2 aromatic rings. The normalized spacial score (nSPS) is 21.2. The lowest BCUT2D eigenvalue weighted by Gasteiger charge is -2.16. The summed E-state index contributed by atoms with van der Waals surface area (Å²) >= 11 is 0. The lowest BCUT2D eigenvalue weighted by molar-refractivity contribution is -0.128. The van der Waals surface area contributed by atoms with Crippen molar-refractivity contribution in [2.24, 2.45) is 11.8 Å². The fourth-order valence-corrected chi connectivity index (χ4v) is 3.10. The van der Waals surface area contributed by atoms with E-state index in [9.17, 15) is 9.59 Å². The molecule has 1 aliphatic carbocycles. The van der Waals surface area contributed by atoms with Crippen LogP contribution in [0.25, 0.3) is 11.1 Å². The molecular weight excluding hydrogens is 294 g/mol. The molecule has 1 N–H and O–H groups in total. The first-order chi connectivity index (χ1) is 11.1. The first-order valence-corrected chi connectivity index (χ1v) is 8.04. The van der Waals surface area contributed by atoms with Gasteiger partial charge < -0.3 is 14.6 Å². The van der Waals surface area contributed by atoms with Gasteiger partial charge in [0.05, 0.1) is 5.92 Å². The molecule has 2 amide bonds. The van der Waals surface area contributed by atoms with E-state index in [2.05, 4.69) is 10.3 Å². The molecule has 1 aliphatic heterocycles. The van der Waals surface area contributed by atoms with E-state index in [1.165, 1.54) is 12.8 Å². The maximum absolute atomic E-state index is 12.4. The fraction of sp³-hybridized carbons (Fsp3) is 0.471. The number of aryl methyl sites for hydroxylation is 1. The number of nitrogens with one attached hydrogen (secondary N) is 1. The van der Waals surface area contributed by atoms with Crippen LogP contribution in [-0.4, -0.2) is 34.8 Å². The van der Waals surface area contributed by atoms with Gasteiger partial charge in [0.1, 0.15) is 5.52 Å². The molecule has 1 aromatic heterocycles. The van der Waals surface area contributed by atoms with E-state index >= 15 is 0 Å². The summed E-state index contributed by atoms with van der Waals surface area (Å²) < 4.78 is 5.42. The Hall–Kier alpha value is -2.37. The summed E-state index contributed by atoms with van der Waals surface area (Å²) in [6, 6.07) is 5.39. The van der Waals surface area contributed by atoms with Gasteiger partial charge >= 0.3 is 0 Å². The van der Waals surface area contributed by atoms with E-state index in [0.717, 1.165) is 12.1 Å². The zero-order valence-corrected chi connectivity index (χ0v) is 13.0. The third-order valence-corrected chi connectivity index (χ3v) is 4.52. The van der Waals surface area contributed by atoms with Gasteiger partial charge in [0.15, 0.2) is 11.5 Å². The van der Waals surface area contributed by atoms with Gasteiger partial charge in [-0.05, 0) is 37.0 Å². The predicted octanol–water partition coefficient (Wildman–Crippen LogP) is 2.33. The summed E-state index contributed by atoms with van der Waals surface area (Å²) in [5.41, 5.74) is 2.11. The highest BCUT2D eigenvalue weighted by Crippen LogP contribution is 2.32. The van der Waals surface area contributed by atoms with Crippen molar-refractivity contribution in [1.29, 1.82) is 0 Å². The molecule has 0 bridgehead atoms. The minimum Gasteiger partial charge on any atom is -0.441 e. The van der Waals surface area contributed by atoms with Crippen LogP contribution in [0.3, 0.4) is 0 Å². The van der Waals surface area contributed by atoms with Crippen LogP contribution in [0.15, 0.2) is 22.6 Å².